The van der Waals surface area contributed by atoms with Gasteiger partial charge in [0.05, 0.1) is 19.4 Å². The number of furan rings is 1. The molecule has 0 aromatic carbocycles. The van der Waals surface area contributed by atoms with Gasteiger partial charge >= 0.3 is 0 Å². The van der Waals surface area contributed by atoms with Crippen LogP contribution in [0.3, 0.4) is 0 Å². The Morgan fingerprint density at radius 2 is 2.24 bits per heavy atom. The number of hydrogen-bond donors (Lipinski definition) is 3. The van der Waals surface area contributed by atoms with E-state index < -0.39 is 10.0 Å². The molecule has 1 saturated carbocycles. The number of sulfonamides is 1. The Bertz CT molecular complexity index is 702. The second kappa shape index (κ2) is 5.63. The van der Waals surface area contributed by atoms with Crippen molar-refractivity contribution in [3.63, 3.8) is 0 Å². The van der Waals surface area contributed by atoms with Crippen LogP contribution in [0.2, 0.25) is 0 Å². The second-order valence-corrected chi connectivity index (χ2v) is 6.93. The number of aryl methyl sites for hydroxylation is 1. The highest BCUT2D eigenvalue weighted by atomic mass is 32.2. The summed E-state index contributed by atoms with van der Waals surface area (Å²) in [7, 11) is -3.59. The highest BCUT2D eigenvalue weighted by Crippen LogP contribution is 2.23. The van der Waals surface area contributed by atoms with Crippen LogP contribution in [0.5, 0.6) is 0 Å². The zero-order valence-corrected chi connectivity index (χ0v) is 12.5. The van der Waals surface area contributed by atoms with Gasteiger partial charge in [0.1, 0.15) is 16.4 Å². The fraction of sp³-hybridized carbons (Fsp3) is 0.462. The van der Waals surface area contributed by atoms with Crippen LogP contribution in [0.1, 0.15) is 30.1 Å². The molecule has 0 amide bonds. The topological polar surface area (TPSA) is 100 Å². The molecule has 3 rings (SSSR count). The van der Waals surface area contributed by atoms with Gasteiger partial charge in [0.15, 0.2) is 0 Å². The molecule has 3 N–H and O–H groups in total. The Kier molecular flexibility index (Phi) is 3.83. The number of nitrogens with one attached hydrogen (secondary N) is 3. The zero-order chi connectivity index (χ0) is 14.9. The van der Waals surface area contributed by atoms with Crippen molar-refractivity contribution in [1.29, 1.82) is 0 Å². The van der Waals surface area contributed by atoms with E-state index in [4.69, 9.17) is 4.42 Å². The number of hydrogen-bond acceptors (Lipinski definition) is 5. The molecule has 0 spiro atoms. The van der Waals surface area contributed by atoms with Crippen LogP contribution in [-0.2, 0) is 23.1 Å². The van der Waals surface area contributed by atoms with Gasteiger partial charge in [0.2, 0.25) is 10.0 Å². The summed E-state index contributed by atoms with van der Waals surface area (Å²) in [6.07, 6.45) is 5.44. The monoisotopic (exact) mass is 310 g/mol. The maximum absolute atomic E-state index is 12.3. The minimum Gasteiger partial charge on any atom is -0.464 e. The van der Waals surface area contributed by atoms with E-state index in [1.807, 2.05) is 0 Å². The van der Waals surface area contributed by atoms with Gasteiger partial charge in [-0.2, -0.15) is 0 Å². The Labute approximate surface area is 123 Å². The van der Waals surface area contributed by atoms with Gasteiger partial charge in [-0.1, -0.05) is 0 Å². The summed E-state index contributed by atoms with van der Waals surface area (Å²) in [5.74, 6) is 1.04. The van der Waals surface area contributed by atoms with Gasteiger partial charge in [0.25, 0.3) is 0 Å². The first kappa shape index (κ1) is 14.3. The number of H-pyrrole nitrogens is 1. The molecular weight excluding hydrogens is 292 g/mol. The third-order valence-corrected chi connectivity index (χ3v) is 4.87. The molecule has 1 fully saturated rings. The molecule has 1 aliphatic rings. The quantitative estimate of drug-likeness (QED) is 0.709. The molecule has 8 heteroatoms. The molecule has 0 bridgehead atoms. The van der Waals surface area contributed by atoms with Crippen molar-refractivity contribution in [1.82, 2.24) is 20.0 Å². The Hall–Kier alpha value is -1.64. The first-order valence-electron chi connectivity index (χ1n) is 6.84. The number of aromatic nitrogens is 2. The van der Waals surface area contributed by atoms with Crippen LogP contribution < -0.4 is 10.0 Å². The van der Waals surface area contributed by atoms with E-state index in [0.717, 1.165) is 0 Å². The lowest BCUT2D eigenvalue weighted by Gasteiger charge is -2.03. The molecule has 1 aliphatic carbocycles. The molecule has 0 aliphatic heterocycles. The van der Waals surface area contributed by atoms with Crippen LogP contribution in [-0.4, -0.2) is 24.4 Å². The second-order valence-electron chi connectivity index (χ2n) is 5.19. The Balaban J connectivity index is 1.68. The van der Waals surface area contributed by atoms with Crippen molar-refractivity contribution in [2.45, 2.75) is 43.8 Å². The fourth-order valence-electron chi connectivity index (χ4n) is 2.04. The van der Waals surface area contributed by atoms with Gasteiger partial charge in [0, 0.05) is 24.0 Å². The third kappa shape index (κ3) is 3.52. The first-order chi connectivity index (χ1) is 10.0. The number of aromatic amines is 1. The van der Waals surface area contributed by atoms with E-state index in [9.17, 15) is 8.42 Å². The largest absolute Gasteiger partial charge is 0.464 e. The predicted molar refractivity (Wildman–Crippen MR) is 75.9 cm³/mol. The standard InChI is InChI=1S/C13H18N4O3S/c1-9-13(4-12(20-9)7-15-10-2-3-10)21(18,19)17-6-11-5-14-8-16-11/h4-5,8,10,15,17H,2-3,6-7H2,1H3,(H,14,16). The predicted octanol–water partition coefficient (Wildman–Crippen LogP) is 1.04. The zero-order valence-electron chi connectivity index (χ0n) is 11.7. The van der Waals surface area contributed by atoms with E-state index in [1.165, 1.54) is 19.2 Å². The maximum Gasteiger partial charge on any atom is 0.244 e. The van der Waals surface area contributed by atoms with Crippen molar-refractivity contribution in [2.75, 3.05) is 0 Å². The molecule has 2 heterocycles. The molecule has 7 nitrogen and oxygen atoms in total. The lowest BCUT2D eigenvalue weighted by Crippen LogP contribution is -2.23. The van der Waals surface area contributed by atoms with E-state index in [0.29, 0.717) is 29.8 Å². The Morgan fingerprint density at radius 1 is 1.43 bits per heavy atom. The summed E-state index contributed by atoms with van der Waals surface area (Å²) in [6, 6.07) is 2.13. The fourth-order valence-corrected chi connectivity index (χ4v) is 3.25. The van der Waals surface area contributed by atoms with Crippen LogP contribution in [0, 0.1) is 6.92 Å². The summed E-state index contributed by atoms with van der Waals surface area (Å²) >= 11 is 0. The molecule has 2 aromatic heterocycles. The van der Waals surface area contributed by atoms with Gasteiger partial charge in [-0.15, -0.1) is 0 Å². The number of rotatable bonds is 7. The van der Waals surface area contributed by atoms with Crippen molar-refractivity contribution in [3.8, 4) is 0 Å². The van der Waals surface area contributed by atoms with Crippen LogP contribution in [0.4, 0.5) is 0 Å². The summed E-state index contributed by atoms with van der Waals surface area (Å²) < 4.78 is 32.6. The minimum absolute atomic E-state index is 0.169. The van der Waals surface area contributed by atoms with E-state index in [1.54, 1.807) is 19.2 Å². The average molecular weight is 310 g/mol. The van der Waals surface area contributed by atoms with Gasteiger partial charge in [-0.3, -0.25) is 0 Å². The molecular formula is C13H18N4O3S. The summed E-state index contributed by atoms with van der Waals surface area (Å²) in [5, 5.41) is 3.30. The van der Waals surface area contributed by atoms with Crippen LogP contribution in [0.25, 0.3) is 0 Å². The molecule has 0 unspecified atom stereocenters. The Morgan fingerprint density at radius 3 is 2.90 bits per heavy atom. The van der Waals surface area contributed by atoms with Gasteiger partial charge in [-0.05, 0) is 19.8 Å². The lowest BCUT2D eigenvalue weighted by atomic mass is 10.4. The normalized spacial score (nSPS) is 15.5. The van der Waals surface area contributed by atoms with Crippen molar-refractivity contribution in [2.24, 2.45) is 0 Å². The molecule has 0 atom stereocenters. The molecule has 0 radical (unpaired) electrons. The van der Waals surface area contributed by atoms with E-state index in [2.05, 4.69) is 20.0 Å². The summed E-state index contributed by atoms with van der Waals surface area (Å²) in [6.45, 7) is 2.38. The molecule has 21 heavy (non-hydrogen) atoms. The highest BCUT2D eigenvalue weighted by molar-refractivity contribution is 7.89. The van der Waals surface area contributed by atoms with Crippen molar-refractivity contribution in [3.05, 3.63) is 35.8 Å². The van der Waals surface area contributed by atoms with E-state index >= 15 is 0 Å². The molecule has 2 aromatic rings. The van der Waals surface area contributed by atoms with Crippen molar-refractivity contribution >= 4 is 10.0 Å². The highest BCUT2D eigenvalue weighted by Gasteiger charge is 2.24. The lowest BCUT2D eigenvalue weighted by molar-refractivity contribution is 0.456. The van der Waals surface area contributed by atoms with Crippen molar-refractivity contribution < 1.29 is 12.8 Å². The SMILES string of the molecule is Cc1oc(CNC2CC2)cc1S(=O)(=O)NCc1cnc[nH]1. The van der Waals surface area contributed by atoms with Crippen LogP contribution >= 0.6 is 0 Å². The molecule has 114 valence electrons. The summed E-state index contributed by atoms with van der Waals surface area (Å²) in [5.41, 5.74) is 0.704. The minimum atomic E-state index is -3.59. The molecule has 0 saturated heterocycles. The van der Waals surface area contributed by atoms with E-state index in [-0.39, 0.29) is 11.4 Å². The average Bonchev–Trinajstić information content (AvgIpc) is 2.97. The number of imidazole rings is 1. The summed E-state index contributed by atoms with van der Waals surface area (Å²) in [4.78, 5) is 6.89. The van der Waals surface area contributed by atoms with Gasteiger partial charge in [-0.25, -0.2) is 18.1 Å². The number of nitrogens with zero attached hydrogens (tertiary/aromatic N) is 1. The first-order valence-corrected chi connectivity index (χ1v) is 8.32. The van der Waals surface area contributed by atoms with Gasteiger partial charge < -0.3 is 14.7 Å². The van der Waals surface area contributed by atoms with Crippen LogP contribution in [0.15, 0.2) is 27.9 Å². The third-order valence-electron chi connectivity index (χ3n) is 3.36. The maximum atomic E-state index is 12.3. The smallest absolute Gasteiger partial charge is 0.244 e.